The number of benzene rings is 2. The molecule has 4 heteroatoms. The molecule has 0 bridgehead atoms. The molecule has 3 rings (SSSR count). The zero-order valence-electron chi connectivity index (χ0n) is 14.0. The lowest BCUT2D eigenvalue weighted by atomic mass is 10.1. The van der Waals surface area contributed by atoms with Crippen molar-refractivity contribution >= 4 is 18.4 Å². The summed E-state index contributed by atoms with van der Waals surface area (Å²) in [5.41, 5.74) is 6.42. The number of rotatable bonds is 4. The second-order valence-corrected chi connectivity index (χ2v) is 5.92. The second kappa shape index (κ2) is 6.62. The predicted molar refractivity (Wildman–Crippen MR) is 96.3 cm³/mol. The molecule has 0 aliphatic heterocycles. The summed E-state index contributed by atoms with van der Waals surface area (Å²) in [7, 11) is 0. The fourth-order valence-electron chi connectivity index (χ4n) is 2.52. The lowest BCUT2D eigenvalue weighted by Gasteiger charge is -2.08. The maximum absolute atomic E-state index is 11.3. The van der Waals surface area contributed by atoms with E-state index < -0.39 is 0 Å². The molecule has 0 spiro atoms. The van der Waals surface area contributed by atoms with Crippen molar-refractivity contribution in [3.8, 4) is 5.69 Å². The van der Waals surface area contributed by atoms with Crippen LogP contribution >= 0.6 is 0 Å². The zero-order chi connectivity index (χ0) is 17.1. The van der Waals surface area contributed by atoms with Gasteiger partial charge in [0.15, 0.2) is 12.0 Å². The molecule has 0 saturated carbocycles. The largest absolute Gasteiger partial charge is 0.296 e. The Morgan fingerprint density at radius 3 is 2.33 bits per heavy atom. The van der Waals surface area contributed by atoms with Crippen LogP contribution in [0.4, 0.5) is 0 Å². The van der Waals surface area contributed by atoms with Crippen LogP contribution in [0.5, 0.6) is 0 Å². The Morgan fingerprint density at radius 1 is 0.917 bits per heavy atom. The van der Waals surface area contributed by atoms with Crippen LogP contribution in [0.25, 0.3) is 17.8 Å². The van der Waals surface area contributed by atoms with Gasteiger partial charge in [0.1, 0.15) is 0 Å². The third-order valence-corrected chi connectivity index (χ3v) is 3.95. The highest BCUT2D eigenvalue weighted by Gasteiger charge is 2.13. The van der Waals surface area contributed by atoms with E-state index in [1.165, 1.54) is 5.56 Å². The standard InChI is InChI=1S/C20H19N3O/c1-14-5-8-17(9-6-14)10-11-19-18(13-24)21-22-23(19)20-12-15(2)4-7-16(20)3/h4-13H,1-3H3/b11-10+. The van der Waals surface area contributed by atoms with Gasteiger partial charge in [-0.1, -0.05) is 53.3 Å². The summed E-state index contributed by atoms with van der Waals surface area (Å²) in [5, 5.41) is 8.17. The third-order valence-electron chi connectivity index (χ3n) is 3.95. The lowest BCUT2D eigenvalue weighted by Crippen LogP contribution is -2.02. The van der Waals surface area contributed by atoms with Crippen molar-refractivity contribution in [2.75, 3.05) is 0 Å². The summed E-state index contributed by atoms with van der Waals surface area (Å²) < 4.78 is 1.72. The first kappa shape index (κ1) is 15.9. The summed E-state index contributed by atoms with van der Waals surface area (Å²) >= 11 is 0. The van der Waals surface area contributed by atoms with Gasteiger partial charge in [-0.05, 0) is 49.6 Å². The van der Waals surface area contributed by atoms with E-state index in [1.54, 1.807) is 4.68 Å². The number of nitrogens with zero attached hydrogens (tertiary/aromatic N) is 3. The minimum atomic E-state index is 0.333. The molecule has 4 nitrogen and oxygen atoms in total. The molecule has 0 fully saturated rings. The Balaban J connectivity index is 2.07. The highest BCUT2D eigenvalue weighted by molar-refractivity contribution is 5.82. The minimum Gasteiger partial charge on any atom is -0.296 e. The summed E-state index contributed by atoms with van der Waals surface area (Å²) in [6.07, 6.45) is 4.59. The highest BCUT2D eigenvalue weighted by Crippen LogP contribution is 2.20. The van der Waals surface area contributed by atoms with Crippen LogP contribution < -0.4 is 0 Å². The first-order valence-electron chi connectivity index (χ1n) is 7.82. The lowest BCUT2D eigenvalue weighted by molar-refractivity contribution is 0.111. The van der Waals surface area contributed by atoms with E-state index in [9.17, 15) is 4.79 Å². The average molecular weight is 317 g/mol. The predicted octanol–water partition coefficient (Wildman–Crippen LogP) is 4.18. The Morgan fingerprint density at radius 2 is 1.62 bits per heavy atom. The van der Waals surface area contributed by atoms with E-state index in [-0.39, 0.29) is 0 Å². The van der Waals surface area contributed by atoms with Gasteiger partial charge in [0.2, 0.25) is 0 Å². The van der Waals surface area contributed by atoms with Crippen molar-refractivity contribution in [3.05, 3.63) is 76.1 Å². The first-order valence-corrected chi connectivity index (χ1v) is 7.82. The fraction of sp³-hybridized carbons (Fsp3) is 0.150. The van der Waals surface area contributed by atoms with Gasteiger partial charge in [0.05, 0.1) is 11.4 Å². The molecule has 0 aliphatic carbocycles. The summed E-state index contributed by atoms with van der Waals surface area (Å²) in [6.45, 7) is 6.10. The fourth-order valence-corrected chi connectivity index (χ4v) is 2.52. The van der Waals surface area contributed by atoms with Crippen molar-refractivity contribution in [1.82, 2.24) is 15.0 Å². The van der Waals surface area contributed by atoms with Crippen LogP contribution in [0, 0.1) is 20.8 Å². The van der Waals surface area contributed by atoms with Gasteiger partial charge < -0.3 is 0 Å². The summed E-state index contributed by atoms with van der Waals surface area (Å²) in [5.74, 6) is 0. The number of aromatic nitrogens is 3. The topological polar surface area (TPSA) is 47.8 Å². The molecule has 0 saturated heterocycles. The maximum atomic E-state index is 11.3. The molecule has 0 radical (unpaired) electrons. The van der Waals surface area contributed by atoms with Gasteiger partial charge in [0.25, 0.3) is 0 Å². The van der Waals surface area contributed by atoms with E-state index in [2.05, 4.69) is 35.4 Å². The molecule has 24 heavy (non-hydrogen) atoms. The molecule has 0 unspecified atom stereocenters. The van der Waals surface area contributed by atoms with Crippen LogP contribution in [0.15, 0.2) is 42.5 Å². The molecule has 3 aromatic rings. The molecule has 2 aromatic carbocycles. The van der Waals surface area contributed by atoms with E-state index >= 15 is 0 Å². The number of hydrogen-bond donors (Lipinski definition) is 0. The SMILES string of the molecule is Cc1ccc(/C=C/c2c(C=O)nnn2-c2cc(C)ccc2C)cc1. The second-order valence-electron chi connectivity index (χ2n) is 5.92. The van der Waals surface area contributed by atoms with Crippen molar-refractivity contribution in [1.29, 1.82) is 0 Å². The maximum Gasteiger partial charge on any atom is 0.172 e. The zero-order valence-corrected chi connectivity index (χ0v) is 14.0. The summed E-state index contributed by atoms with van der Waals surface area (Å²) in [6, 6.07) is 14.3. The molecular weight excluding hydrogens is 298 g/mol. The van der Waals surface area contributed by atoms with Gasteiger partial charge in [-0.2, -0.15) is 0 Å². The van der Waals surface area contributed by atoms with Crippen molar-refractivity contribution in [2.45, 2.75) is 20.8 Å². The molecule has 0 amide bonds. The van der Waals surface area contributed by atoms with Crippen LogP contribution in [0.3, 0.4) is 0 Å². The average Bonchev–Trinajstić information content (AvgIpc) is 2.99. The van der Waals surface area contributed by atoms with Gasteiger partial charge >= 0.3 is 0 Å². The Kier molecular flexibility index (Phi) is 4.38. The third kappa shape index (κ3) is 3.18. The number of aryl methyl sites for hydroxylation is 3. The number of aldehydes is 1. The van der Waals surface area contributed by atoms with Crippen molar-refractivity contribution in [2.24, 2.45) is 0 Å². The molecule has 1 heterocycles. The van der Waals surface area contributed by atoms with Gasteiger partial charge in [-0.15, -0.1) is 5.10 Å². The Labute approximate surface area is 141 Å². The quantitative estimate of drug-likeness (QED) is 0.678. The van der Waals surface area contributed by atoms with E-state index in [1.807, 2.05) is 50.3 Å². The van der Waals surface area contributed by atoms with E-state index in [0.717, 1.165) is 28.7 Å². The molecule has 0 N–H and O–H groups in total. The number of carbonyl (C=O) groups is 1. The van der Waals surface area contributed by atoms with Gasteiger partial charge in [0, 0.05) is 0 Å². The Hall–Kier alpha value is -3.01. The van der Waals surface area contributed by atoms with Crippen LogP contribution in [-0.4, -0.2) is 21.3 Å². The van der Waals surface area contributed by atoms with Crippen molar-refractivity contribution < 1.29 is 4.79 Å². The van der Waals surface area contributed by atoms with Gasteiger partial charge in [-0.3, -0.25) is 4.79 Å². The summed E-state index contributed by atoms with van der Waals surface area (Å²) in [4.78, 5) is 11.3. The molecule has 0 atom stereocenters. The molecule has 0 aliphatic rings. The number of hydrogen-bond acceptors (Lipinski definition) is 3. The molecule has 120 valence electrons. The van der Waals surface area contributed by atoms with Crippen LogP contribution in [0.2, 0.25) is 0 Å². The number of carbonyl (C=O) groups excluding carboxylic acids is 1. The monoisotopic (exact) mass is 317 g/mol. The molecular formula is C20H19N3O. The highest BCUT2D eigenvalue weighted by atomic mass is 16.1. The molecule has 1 aromatic heterocycles. The van der Waals surface area contributed by atoms with Crippen LogP contribution in [0.1, 0.15) is 38.4 Å². The normalized spacial score (nSPS) is 11.1. The van der Waals surface area contributed by atoms with Crippen LogP contribution in [-0.2, 0) is 0 Å². The Bertz CT molecular complexity index is 905. The smallest absolute Gasteiger partial charge is 0.172 e. The first-order chi connectivity index (χ1) is 11.6. The van der Waals surface area contributed by atoms with E-state index in [0.29, 0.717) is 11.4 Å². The van der Waals surface area contributed by atoms with E-state index in [4.69, 9.17) is 0 Å². The minimum absolute atomic E-state index is 0.333. The van der Waals surface area contributed by atoms with Gasteiger partial charge in [-0.25, -0.2) is 4.68 Å². The van der Waals surface area contributed by atoms with Crippen molar-refractivity contribution in [3.63, 3.8) is 0 Å².